The lowest BCUT2D eigenvalue weighted by Crippen LogP contribution is -2.58. The minimum absolute atomic E-state index is 0.448. The second-order valence-electron chi connectivity index (χ2n) is 4.83. The van der Waals surface area contributed by atoms with Crippen LogP contribution in [0, 0.1) is 11.3 Å². The van der Waals surface area contributed by atoms with E-state index in [2.05, 4.69) is 0 Å². The molecule has 112 valence electrons. The van der Waals surface area contributed by atoms with Crippen molar-refractivity contribution in [2.75, 3.05) is 0 Å². The molecule has 0 bridgehead atoms. The average molecular weight is 291 g/mol. The Kier molecular flexibility index (Phi) is 4.94. The van der Waals surface area contributed by atoms with Gasteiger partial charge in [0.2, 0.25) is 6.29 Å². The van der Waals surface area contributed by atoms with Crippen LogP contribution in [0.4, 0.5) is 0 Å². The van der Waals surface area contributed by atoms with Gasteiger partial charge in [-0.05, 0) is 30.7 Å². The Morgan fingerprint density at radius 1 is 1.14 bits per heavy atom. The summed E-state index contributed by atoms with van der Waals surface area (Å²) >= 11 is 0. The molecule has 1 heterocycles. The van der Waals surface area contributed by atoms with E-state index in [0.717, 1.165) is 5.56 Å². The maximum atomic E-state index is 9.85. The summed E-state index contributed by atoms with van der Waals surface area (Å²) in [6.45, 7) is 1.59. The van der Waals surface area contributed by atoms with Crippen LogP contribution in [0.25, 0.3) is 6.08 Å². The molecule has 0 amide bonds. The Hall–Kier alpha value is -1.91. The highest BCUT2D eigenvalue weighted by molar-refractivity contribution is 5.52. The molecule has 1 aromatic rings. The van der Waals surface area contributed by atoms with Crippen molar-refractivity contribution in [3.8, 4) is 11.8 Å². The molecule has 1 aromatic carbocycles. The maximum absolute atomic E-state index is 9.85. The maximum Gasteiger partial charge on any atom is 0.229 e. The molecule has 1 aliphatic heterocycles. The van der Waals surface area contributed by atoms with Crippen molar-refractivity contribution in [1.82, 2.24) is 0 Å². The monoisotopic (exact) mass is 291 g/mol. The first-order valence-electron chi connectivity index (χ1n) is 6.55. The van der Waals surface area contributed by atoms with Crippen LogP contribution in [-0.2, 0) is 4.74 Å². The summed E-state index contributed by atoms with van der Waals surface area (Å²) in [5, 5.41) is 37.6. The summed E-state index contributed by atoms with van der Waals surface area (Å²) < 4.78 is 10.8. The highest BCUT2D eigenvalue weighted by Crippen LogP contribution is 2.24. The number of hydrogen-bond acceptors (Lipinski definition) is 6. The normalized spacial score (nSPS) is 32.8. The molecule has 5 atom stereocenters. The quantitative estimate of drug-likeness (QED) is 0.698. The van der Waals surface area contributed by atoms with Crippen LogP contribution >= 0.6 is 0 Å². The van der Waals surface area contributed by atoms with Crippen molar-refractivity contribution < 1.29 is 24.8 Å². The van der Waals surface area contributed by atoms with E-state index >= 15 is 0 Å². The smallest absolute Gasteiger partial charge is 0.229 e. The van der Waals surface area contributed by atoms with Gasteiger partial charge < -0.3 is 24.8 Å². The molecule has 0 radical (unpaired) electrons. The molecule has 0 saturated carbocycles. The van der Waals surface area contributed by atoms with Crippen molar-refractivity contribution in [2.45, 2.75) is 37.6 Å². The molecule has 1 saturated heterocycles. The van der Waals surface area contributed by atoms with Gasteiger partial charge in [-0.1, -0.05) is 12.1 Å². The molecule has 6 nitrogen and oxygen atoms in total. The first-order valence-corrected chi connectivity index (χ1v) is 6.55. The predicted molar refractivity (Wildman–Crippen MR) is 74.1 cm³/mol. The second-order valence-corrected chi connectivity index (χ2v) is 4.83. The average Bonchev–Trinajstić information content (AvgIpc) is 2.50. The molecule has 0 aromatic heterocycles. The molecule has 0 spiro atoms. The number of rotatable bonds is 3. The van der Waals surface area contributed by atoms with Gasteiger partial charge in [0, 0.05) is 6.08 Å². The van der Waals surface area contributed by atoms with Gasteiger partial charge in [0.15, 0.2) is 0 Å². The van der Waals surface area contributed by atoms with Crippen LogP contribution in [0.2, 0.25) is 0 Å². The van der Waals surface area contributed by atoms with E-state index in [1.54, 1.807) is 37.3 Å². The zero-order valence-corrected chi connectivity index (χ0v) is 11.5. The number of allylic oxidation sites excluding steroid dienone is 1. The third-order valence-corrected chi connectivity index (χ3v) is 3.29. The van der Waals surface area contributed by atoms with Gasteiger partial charge in [0.1, 0.15) is 24.1 Å². The predicted octanol–water partition coefficient (Wildman–Crippen LogP) is 0.430. The molecule has 2 rings (SSSR count). The van der Waals surface area contributed by atoms with Crippen LogP contribution in [-0.4, -0.2) is 46.0 Å². The van der Waals surface area contributed by atoms with Crippen LogP contribution < -0.4 is 4.74 Å². The number of ether oxygens (including phenoxy) is 2. The van der Waals surface area contributed by atoms with E-state index in [-0.39, 0.29) is 0 Å². The number of nitriles is 1. The van der Waals surface area contributed by atoms with Crippen molar-refractivity contribution in [1.29, 1.82) is 5.26 Å². The van der Waals surface area contributed by atoms with Crippen molar-refractivity contribution in [3.63, 3.8) is 0 Å². The number of nitrogens with zero attached hydrogens (tertiary/aromatic N) is 1. The highest BCUT2D eigenvalue weighted by atomic mass is 16.7. The van der Waals surface area contributed by atoms with Crippen LogP contribution in [0.3, 0.4) is 0 Å². The van der Waals surface area contributed by atoms with Crippen molar-refractivity contribution in [3.05, 3.63) is 35.9 Å². The summed E-state index contributed by atoms with van der Waals surface area (Å²) in [5.41, 5.74) is 0.831. The second kappa shape index (κ2) is 6.70. The fourth-order valence-electron chi connectivity index (χ4n) is 2.04. The van der Waals surface area contributed by atoms with E-state index in [4.69, 9.17) is 14.7 Å². The molecular weight excluding hydrogens is 274 g/mol. The van der Waals surface area contributed by atoms with Gasteiger partial charge in [-0.2, -0.15) is 5.26 Å². The Bertz CT molecular complexity index is 536. The third-order valence-electron chi connectivity index (χ3n) is 3.29. The van der Waals surface area contributed by atoms with E-state index in [1.807, 2.05) is 6.07 Å². The van der Waals surface area contributed by atoms with Crippen LogP contribution in [0.1, 0.15) is 12.5 Å². The summed E-state index contributed by atoms with van der Waals surface area (Å²) in [6, 6.07) is 8.71. The van der Waals surface area contributed by atoms with Crippen molar-refractivity contribution >= 4 is 6.08 Å². The van der Waals surface area contributed by atoms with Gasteiger partial charge in [-0.3, -0.25) is 0 Å². The summed E-state index contributed by atoms with van der Waals surface area (Å²) in [6.07, 6.45) is -2.50. The zero-order chi connectivity index (χ0) is 15.4. The Labute approximate surface area is 122 Å². The number of aliphatic hydroxyl groups is 3. The van der Waals surface area contributed by atoms with Gasteiger partial charge in [-0.25, -0.2) is 0 Å². The van der Waals surface area contributed by atoms with E-state index < -0.39 is 30.7 Å². The SMILES string of the molecule is C[C@H]1O[C@@H](Oc2ccc(/C=C/C#N)cc2)[C@@H](O)[C@H](O)[C@H]1O. The molecule has 1 aliphatic rings. The molecule has 0 unspecified atom stereocenters. The van der Waals surface area contributed by atoms with Gasteiger partial charge in [-0.15, -0.1) is 0 Å². The fourth-order valence-corrected chi connectivity index (χ4v) is 2.04. The van der Waals surface area contributed by atoms with Gasteiger partial charge >= 0.3 is 0 Å². The Morgan fingerprint density at radius 3 is 2.43 bits per heavy atom. The lowest BCUT2D eigenvalue weighted by atomic mass is 10.00. The Balaban J connectivity index is 2.04. The minimum Gasteiger partial charge on any atom is -0.462 e. The number of aliphatic hydroxyl groups excluding tert-OH is 3. The van der Waals surface area contributed by atoms with Gasteiger partial charge in [0.05, 0.1) is 12.2 Å². The minimum atomic E-state index is -1.34. The third kappa shape index (κ3) is 3.60. The highest BCUT2D eigenvalue weighted by Gasteiger charge is 2.43. The van der Waals surface area contributed by atoms with Crippen molar-refractivity contribution in [2.24, 2.45) is 0 Å². The van der Waals surface area contributed by atoms with Crippen LogP contribution in [0.15, 0.2) is 30.3 Å². The zero-order valence-electron chi connectivity index (χ0n) is 11.5. The van der Waals surface area contributed by atoms with E-state index in [1.165, 1.54) is 6.08 Å². The number of hydrogen-bond donors (Lipinski definition) is 3. The summed E-state index contributed by atoms with van der Waals surface area (Å²) in [4.78, 5) is 0. The fraction of sp³-hybridized carbons (Fsp3) is 0.400. The molecule has 21 heavy (non-hydrogen) atoms. The lowest BCUT2D eigenvalue weighted by molar-refractivity contribution is -0.268. The summed E-state index contributed by atoms with van der Waals surface area (Å²) in [7, 11) is 0. The first-order chi connectivity index (χ1) is 10.0. The molecule has 0 aliphatic carbocycles. The van der Waals surface area contributed by atoms with E-state index in [0.29, 0.717) is 5.75 Å². The van der Waals surface area contributed by atoms with Crippen LogP contribution in [0.5, 0.6) is 5.75 Å². The number of benzene rings is 1. The van der Waals surface area contributed by atoms with E-state index in [9.17, 15) is 15.3 Å². The topological polar surface area (TPSA) is 103 Å². The van der Waals surface area contributed by atoms with Gasteiger partial charge in [0.25, 0.3) is 0 Å². The molecule has 3 N–H and O–H groups in total. The molecule has 1 fully saturated rings. The Morgan fingerprint density at radius 2 is 1.81 bits per heavy atom. The first kappa shape index (κ1) is 15.5. The molecular formula is C15H17NO5. The standard InChI is InChI=1S/C15H17NO5/c1-9-12(17)13(18)14(19)15(20-9)21-11-6-4-10(5-7-11)3-2-8-16/h2-7,9,12-15,17-19H,1H3/b3-2+/t9-,12+,13-,14+,15+/m1/s1. The summed E-state index contributed by atoms with van der Waals surface area (Å²) in [5.74, 6) is 0.448. The molecule has 6 heteroatoms. The lowest BCUT2D eigenvalue weighted by Gasteiger charge is -2.38. The largest absolute Gasteiger partial charge is 0.462 e.